The van der Waals surface area contributed by atoms with Crippen molar-refractivity contribution in [2.75, 3.05) is 32.8 Å². The first-order chi connectivity index (χ1) is 8.34. The maximum Gasteiger partial charge on any atom is 0.0753 e. The maximum atomic E-state index is 5.55. The average molecular weight is 236 g/mol. The van der Waals surface area contributed by atoms with Gasteiger partial charge in [-0.05, 0) is 0 Å². The molecule has 5 heteroatoms. The van der Waals surface area contributed by atoms with E-state index in [9.17, 15) is 0 Å². The second kappa shape index (κ2) is 4.76. The lowest BCUT2D eigenvalue weighted by molar-refractivity contribution is 0.108. The van der Waals surface area contributed by atoms with Crippen LogP contribution in [-0.2, 0) is 31.4 Å². The second-order valence-electron chi connectivity index (χ2n) is 4.82. The molecule has 17 heavy (non-hydrogen) atoms. The Balaban J connectivity index is 1.79. The third-order valence-electron chi connectivity index (χ3n) is 3.67. The summed E-state index contributed by atoms with van der Waals surface area (Å²) < 4.78 is 7.60. The van der Waals surface area contributed by atoms with Gasteiger partial charge in [-0.15, -0.1) is 0 Å². The van der Waals surface area contributed by atoms with Crippen LogP contribution in [0.25, 0.3) is 0 Å². The second-order valence-corrected chi connectivity index (χ2v) is 4.82. The molecule has 0 amide bonds. The monoisotopic (exact) mass is 236 g/mol. The highest BCUT2D eigenvalue weighted by Gasteiger charge is 2.21. The van der Waals surface area contributed by atoms with E-state index >= 15 is 0 Å². The molecule has 0 bridgehead atoms. The van der Waals surface area contributed by atoms with E-state index in [0.29, 0.717) is 0 Å². The maximum absolute atomic E-state index is 5.55. The van der Waals surface area contributed by atoms with Crippen molar-refractivity contribution in [1.82, 2.24) is 20.0 Å². The van der Waals surface area contributed by atoms with E-state index in [4.69, 9.17) is 4.74 Å². The standard InChI is InChI=1S/C12H20N4O/c1-15-12(8-16-5-3-13-4-6-16)10-9-17-7-2-11(10)14-15/h13H,2-9H2,1H3. The van der Waals surface area contributed by atoms with Crippen LogP contribution in [0.4, 0.5) is 0 Å². The molecular weight excluding hydrogens is 216 g/mol. The highest BCUT2D eigenvalue weighted by Crippen LogP contribution is 2.21. The zero-order valence-corrected chi connectivity index (χ0v) is 10.4. The van der Waals surface area contributed by atoms with Gasteiger partial charge in [-0.2, -0.15) is 5.10 Å². The fraction of sp³-hybridized carbons (Fsp3) is 0.750. The minimum absolute atomic E-state index is 0.741. The first-order valence-electron chi connectivity index (χ1n) is 6.39. The van der Waals surface area contributed by atoms with Gasteiger partial charge in [0.05, 0.1) is 24.6 Å². The van der Waals surface area contributed by atoms with E-state index in [1.807, 2.05) is 4.68 Å². The van der Waals surface area contributed by atoms with Crippen LogP contribution in [0.1, 0.15) is 17.0 Å². The summed E-state index contributed by atoms with van der Waals surface area (Å²) in [7, 11) is 2.05. The van der Waals surface area contributed by atoms with Crippen molar-refractivity contribution in [2.45, 2.75) is 19.6 Å². The SMILES string of the molecule is Cn1nc2c(c1CN1CCNCC1)COCC2. The Morgan fingerprint density at radius 2 is 2.18 bits per heavy atom. The molecule has 94 valence electrons. The van der Waals surface area contributed by atoms with Crippen molar-refractivity contribution in [3.05, 3.63) is 17.0 Å². The molecule has 1 aromatic heterocycles. The third kappa shape index (κ3) is 2.22. The minimum atomic E-state index is 0.741. The van der Waals surface area contributed by atoms with Gasteiger partial charge in [-0.25, -0.2) is 0 Å². The van der Waals surface area contributed by atoms with Gasteiger partial charge in [-0.3, -0.25) is 9.58 Å². The van der Waals surface area contributed by atoms with E-state index in [1.165, 1.54) is 17.0 Å². The zero-order chi connectivity index (χ0) is 11.7. The summed E-state index contributed by atoms with van der Waals surface area (Å²) in [5, 5.41) is 7.99. The van der Waals surface area contributed by atoms with Crippen molar-refractivity contribution in [1.29, 1.82) is 0 Å². The molecule has 2 aliphatic heterocycles. The molecule has 2 aliphatic rings. The number of nitrogens with zero attached hydrogens (tertiary/aromatic N) is 3. The van der Waals surface area contributed by atoms with Gasteiger partial charge in [-0.1, -0.05) is 0 Å². The fourth-order valence-corrected chi connectivity index (χ4v) is 2.65. The van der Waals surface area contributed by atoms with Gasteiger partial charge in [0.2, 0.25) is 0 Å². The number of aromatic nitrogens is 2. The van der Waals surface area contributed by atoms with Gasteiger partial charge in [0.25, 0.3) is 0 Å². The van der Waals surface area contributed by atoms with Crippen molar-refractivity contribution in [2.24, 2.45) is 7.05 Å². The number of hydrogen-bond acceptors (Lipinski definition) is 4. The molecule has 5 nitrogen and oxygen atoms in total. The molecule has 1 fully saturated rings. The quantitative estimate of drug-likeness (QED) is 0.778. The van der Waals surface area contributed by atoms with E-state index in [0.717, 1.165) is 52.4 Å². The molecule has 1 aromatic rings. The highest BCUT2D eigenvalue weighted by atomic mass is 16.5. The van der Waals surface area contributed by atoms with E-state index in [1.54, 1.807) is 0 Å². The molecule has 0 saturated carbocycles. The van der Waals surface area contributed by atoms with Gasteiger partial charge in [0, 0.05) is 51.8 Å². The lowest BCUT2D eigenvalue weighted by Crippen LogP contribution is -2.43. The lowest BCUT2D eigenvalue weighted by atomic mass is 10.1. The smallest absolute Gasteiger partial charge is 0.0753 e. The first-order valence-corrected chi connectivity index (χ1v) is 6.39. The molecule has 3 rings (SSSR count). The van der Waals surface area contributed by atoms with Crippen molar-refractivity contribution < 1.29 is 4.74 Å². The summed E-state index contributed by atoms with van der Waals surface area (Å²) >= 11 is 0. The number of nitrogens with one attached hydrogen (secondary N) is 1. The van der Waals surface area contributed by atoms with E-state index in [-0.39, 0.29) is 0 Å². The molecule has 0 radical (unpaired) electrons. The van der Waals surface area contributed by atoms with Crippen molar-refractivity contribution in [3.63, 3.8) is 0 Å². The number of hydrogen-bond donors (Lipinski definition) is 1. The van der Waals surface area contributed by atoms with Gasteiger partial charge >= 0.3 is 0 Å². The number of rotatable bonds is 2. The number of fused-ring (bicyclic) bond motifs is 1. The fourth-order valence-electron chi connectivity index (χ4n) is 2.65. The van der Waals surface area contributed by atoms with Crippen LogP contribution in [0, 0.1) is 0 Å². The molecule has 0 aliphatic carbocycles. The normalized spacial score (nSPS) is 21.5. The van der Waals surface area contributed by atoms with Gasteiger partial charge < -0.3 is 10.1 Å². The Kier molecular flexibility index (Phi) is 3.13. The summed E-state index contributed by atoms with van der Waals surface area (Å²) in [6.07, 6.45) is 0.963. The minimum Gasteiger partial charge on any atom is -0.376 e. The molecule has 0 atom stereocenters. The first kappa shape index (κ1) is 11.2. The third-order valence-corrected chi connectivity index (χ3v) is 3.67. The molecule has 3 heterocycles. The predicted octanol–water partition coefficient (Wildman–Crippen LogP) is -0.102. The largest absolute Gasteiger partial charge is 0.376 e. The van der Waals surface area contributed by atoms with Crippen LogP contribution in [0.3, 0.4) is 0 Å². The van der Waals surface area contributed by atoms with Gasteiger partial charge in [0.1, 0.15) is 0 Å². The molecule has 0 unspecified atom stereocenters. The summed E-state index contributed by atoms with van der Waals surface area (Å²) in [5.74, 6) is 0. The summed E-state index contributed by atoms with van der Waals surface area (Å²) in [5.41, 5.74) is 3.91. The van der Waals surface area contributed by atoms with E-state index in [2.05, 4.69) is 22.4 Å². The molecule has 0 aromatic carbocycles. The number of piperazine rings is 1. The van der Waals surface area contributed by atoms with Crippen LogP contribution in [0.5, 0.6) is 0 Å². The summed E-state index contributed by atoms with van der Waals surface area (Å²) in [4.78, 5) is 2.49. The number of aryl methyl sites for hydroxylation is 1. The Morgan fingerprint density at radius 3 is 3.00 bits per heavy atom. The molecule has 0 spiro atoms. The predicted molar refractivity (Wildman–Crippen MR) is 64.7 cm³/mol. The Morgan fingerprint density at radius 1 is 1.35 bits per heavy atom. The Hall–Kier alpha value is -0.910. The Labute approximate surface area is 102 Å². The van der Waals surface area contributed by atoms with Crippen LogP contribution < -0.4 is 5.32 Å². The lowest BCUT2D eigenvalue weighted by Gasteiger charge is -2.27. The van der Waals surface area contributed by atoms with Crippen LogP contribution >= 0.6 is 0 Å². The van der Waals surface area contributed by atoms with Crippen molar-refractivity contribution in [3.8, 4) is 0 Å². The van der Waals surface area contributed by atoms with Crippen LogP contribution in [-0.4, -0.2) is 47.5 Å². The topological polar surface area (TPSA) is 42.3 Å². The zero-order valence-electron chi connectivity index (χ0n) is 10.4. The summed E-state index contributed by atoms with van der Waals surface area (Å²) in [6.45, 7) is 7.00. The molecule has 1 saturated heterocycles. The molecule has 1 N–H and O–H groups in total. The number of ether oxygens (including phenoxy) is 1. The van der Waals surface area contributed by atoms with E-state index < -0.39 is 0 Å². The van der Waals surface area contributed by atoms with Gasteiger partial charge in [0.15, 0.2) is 0 Å². The average Bonchev–Trinajstić information content (AvgIpc) is 2.68. The highest BCUT2D eigenvalue weighted by molar-refractivity contribution is 5.27. The van der Waals surface area contributed by atoms with Crippen molar-refractivity contribution >= 4 is 0 Å². The summed E-state index contributed by atoms with van der Waals surface area (Å²) in [6, 6.07) is 0. The van der Waals surface area contributed by atoms with Crippen LogP contribution in [0.15, 0.2) is 0 Å². The molecular formula is C12H20N4O. The van der Waals surface area contributed by atoms with Crippen LogP contribution in [0.2, 0.25) is 0 Å². The Bertz CT molecular complexity index is 395.